The molecule has 0 aliphatic carbocycles. The molecule has 2 heterocycles. The predicted octanol–water partition coefficient (Wildman–Crippen LogP) is 1.97. The lowest BCUT2D eigenvalue weighted by Crippen LogP contribution is -2.40. The van der Waals surface area contributed by atoms with Crippen molar-refractivity contribution in [3.8, 4) is 0 Å². The van der Waals surface area contributed by atoms with Crippen LogP contribution in [0.4, 0.5) is 11.4 Å². The lowest BCUT2D eigenvalue weighted by Gasteiger charge is -2.27. The molecule has 2 aliphatic heterocycles. The molecule has 6 nitrogen and oxygen atoms in total. The first-order valence-electron chi connectivity index (χ1n) is 8.10. The van der Waals surface area contributed by atoms with E-state index in [2.05, 4.69) is 17.6 Å². The minimum Gasteiger partial charge on any atom is -0.326 e. The van der Waals surface area contributed by atoms with Crippen molar-refractivity contribution in [2.45, 2.75) is 32.2 Å². The van der Waals surface area contributed by atoms with E-state index in [1.807, 2.05) is 0 Å². The maximum absolute atomic E-state index is 12.3. The van der Waals surface area contributed by atoms with Crippen LogP contribution in [0.2, 0.25) is 0 Å². The SMILES string of the molecule is C[C@H]1C[C@@H](C(=O)Nc2ccc(N3CCCS3(=O)=O)cc2)CCN1.Cl. The molecule has 1 amide bonds. The molecule has 0 spiro atoms. The van der Waals surface area contributed by atoms with Gasteiger partial charge in [-0.15, -0.1) is 12.4 Å². The summed E-state index contributed by atoms with van der Waals surface area (Å²) in [6.07, 6.45) is 2.35. The first-order valence-corrected chi connectivity index (χ1v) is 9.71. The zero-order valence-electron chi connectivity index (χ0n) is 13.7. The molecular formula is C16H24ClN3O3S. The van der Waals surface area contributed by atoms with Gasteiger partial charge in [0, 0.05) is 24.2 Å². The lowest BCUT2D eigenvalue weighted by molar-refractivity contribution is -0.120. The van der Waals surface area contributed by atoms with Crippen molar-refractivity contribution < 1.29 is 13.2 Å². The molecule has 0 bridgehead atoms. The van der Waals surface area contributed by atoms with Crippen molar-refractivity contribution >= 4 is 39.7 Å². The third-order valence-electron chi connectivity index (χ3n) is 4.52. The zero-order chi connectivity index (χ0) is 16.4. The van der Waals surface area contributed by atoms with Crippen LogP contribution in [0.5, 0.6) is 0 Å². The third kappa shape index (κ3) is 4.20. The average Bonchev–Trinajstić information content (AvgIpc) is 2.87. The minimum absolute atomic E-state index is 0. The number of piperidine rings is 1. The largest absolute Gasteiger partial charge is 0.326 e. The van der Waals surface area contributed by atoms with E-state index >= 15 is 0 Å². The number of hydrogen-bond acceptors (Lipinski definition) is 4. The fourth-order valence-corrected chi connectivity index (χ4v) is 4.82. The number of halogens is 1. The van der Waals surface area contributed by atoms with E-state index < -0.39 is 10.0 Å². The first-order chi connectivity index (χ1) is 11.0. The number of nitrogens with one attached hydrogen (secondary N) is 2. The number of carbonyl (C=O) groups is 1. The molecule has 3 rings (SSSR count). The summed E-state index contributed by atoms with van der Waals surface area (Å²) >= 11 is 0. The van der Waals surface area contributed by atoms with Gasteiger partial charge in [-0.2, -0.15) is 0 Å². The molecule has 8 heteroatoms. The van der Waals surface area contributed by atoms with Gasteiger partial charge >= 0.3 is 0 Å². The summed E-state index contributed by atoms with van der Waals surface area (Å²) in [5, 5.41) is 6.27. The number of hydrogen-bond donors (Lipinski definition) is 2. The minimum atomic E-state index is -3.16. The van der Waals surface area contributed by atoms with Gasteiger partial charge in [-0.25, -0.2) is 8.42 Å². The number of benzene rings is 1. The van der Waals surface area contributed by atoms with Crippen LogP contribution in [0.15, 0.2) is 24.3 Å². The molecule has 2 atom stereocenters. The second kappa shape index (κ2) is 7.72. The summed E-state index contributed by atoms with van der Waals surface area (Å²) in [7, 11) is -3.16. The standard InChI is InChI=1S/C16H23N3O3S.ClH/c1-12-11-13(7-8-17-12)16(20)18-14-3-5-15(6-4-14)19-9-2-10-23(19,21)22;/h3-6,12-13,17H,2,7-11H2,1H3,(H,18,20);1H/t12-,13-;/m0./s1. The highest BCUT2D eigenvalue weighted by Crippen LogP contribution is 2.26. The molecule has 0 aromatic heterocycles. The van der Waals surface area contributed by atoms with Gasteiger partial charge in [0.1, 0.15) is 0 Å². The van der Waals surface area contributed by atoms with E-state index in [9.17, 15) is 13.2 Å². The van der Waals surface area contributed by atoms with Crippen molar-refractivity contribution in [1.82, 2.24) is 5.32 Å². The van der Waals surface area contributed by atoms with Crippen molar-refractivity contribution in [3.63, 3.8) is 0 Å². The van der Waals surface area contributed by atoms with Gasteiger partial charge in [0.25, 0.3) is 0 Å². The van der Waals surface area contributed by atoms with Crippen molar-refractivity contribution in [1.29, 1.82) is 0 Å². The van der Waals surface area contributed by atoms with E-state index in [1.54, 1.807) is 24.3 Å². The van der Waals surface area contributed by atoms with Gasteiger partial charge in [0.2, 0.25) is 15.9 Å². The van der Waals surface area contributed by atoms with Gasteiger partial charge in [-0.05, 0) is 57.0 Å². The molecule has 2 fully saturated rings. The number of sulfonamides is 1. The fraction of sp³-hybridized carbons (Fsp3) is 0.562. The number of anilines is 2. The Morgan fingerprint density at radius 1 is 1.29 bits per heavy atom. The summed E-state index contributed by atoms with van der Waals surface area (Å²) in [6, 6.07) is 7.41. The molecule has 24 heavy (non-hydrogen) atoms. The van der Waals surface area contributed by atoms with Crippen molar-refractivity contribution in [2.75, 3.05) is 28.5 Å². The highest BCUT2D eigenvalue weighted by atomic mass is 35.5. The normalized spacial score (nSPS) is 25.8. The summed E-state index contributed by atoms with van der Waals surface area (Å²) in [4.78, 5) is 12.3. The zero-order valence-corrected chi connectivity index (χ0v) is 15.3. The smallest absolute Gasteiger partial charge is 0.235 e. The second-order valence-electron chi connectivity index (χ2n) is 6.35. The van der Waals surface area contributed by atoms with E-state index in [1.165, 1.54) is 4.31 Å². The Labute approximate surface area is 149 Å². The Bertz CT molecular complexity index is 678. The fourth-order valence-electron chi connectivity index (χ4n) is 3.25. The van der Waals surface area contributed by atoms with Gasteiger partial charge < -0.3 is 10.6 Å². The van der Waals surface area contributed by atoms with Crippen LogP contribution in [-0.4, -0.2) is 39.2 Å². The van der Waals surface area contributed by atoms with Crippen LogP contribution in [-0.2, 0) is 14.8 Å². The monoisotopic (exact) mass is 373 g/mol. The van der Waals surface area contributed by atoms with Gasteiger partial charge in [0.05, 0.1) is 11.4 Å². The van der Waals surface area contributed by atoms with Gasteiger partial charge in [-0.3, -0.25) is 9.10 Å². The second-order valence-corrected chi connectivity index (χ2v) is 8.37. The Hall–Kier alpha value is -1.31. The van der Waals surface area contributed by atoms with Crippen molar-refractivity contribution in [3.05, 3.63) is 24.3 Å². The Kier molecular flexibility index (Phi) is 6.11. The molecule has 2 N–H and O–H groups in total. The summed E-state index contributed by atoms with van der Waals surface area (Å²) in [6.45, 7) is 3.48. The molecule has 0 radical (unpaired) electrons. The number of amides is 1. The van der Waals surface area contributed by atoms with Crippen molar-refractivity contribution in [2.24, 2.45) is 5.92 Å². The molecule has 2 aliphatic rings. The van der Waals surface area contributed by atoms with E-state index in [4.69, 9.17) is 0 Å². The third-order valence-corrected chi connectivity index (χ3v) is 6.39. The molecule has 0 saturated carbocycles. The molecule has 1 aromatic rings. The van der Waals surface area contributed by atoms with Crippen LogP contribution in [0.25, 0.3) is 0 Å². The molecule has 134 valence electrons. The Morgan fingerprint density at radius 3 is 2.58 bits per heavy atom. The number of nitrogens with zero attached hydrogens (tertiary/aromatic N) is 1. The highest BCUT2D eigenvalue weighted by molar-refractivity contribution is 7.93. The number of carbonyl (C=O) groups excluding carboxylic acids is 1. The molecular weight excluding hydrogens is 350 g/mol. The quantitative estimate of drug-likeness (QED) is 0.849. The van der Waals surface area contributed by atoms with Crippen LogP contribution in [0.1, 0.15) is 26.2 Å². The lowest BCUT2D eigenvalue weighted by atomic mass is 9.92. The maximum atomic E-state index is 12.3. The van der Waals surface area contributed by atoms with Crippen LogP contribution in [0.3, 0.4) is 0 Å². The molecule has 2 saturated heterocycles. The van der Waals surface area contributed by atoms with E-state index in [0.717, 1.165) is 19.4 Å². The number of rotatable bonds is 3. The van der Waals surface area contributed by atoms with Crippen LogP contribution >= 0.6 is 12.4 Å². The van der Waals surface area contributed by atoms with E-state index in [-0.39, 0.29) is 30.0 Å². The predicted molar refractivity (Wildman–Crippen MR) is 98.3 cm³/mol. The summed E-state index contributed by atoms with van der Waals surface area (Å²) in [5.74, 6) is 0.282. The topological polar surface area (TPSA) is 78.5 Å². The molecule has 0 unspecified atom stereocenters. The summed E-state index contributed by atoms with van der Waals surface area (Å²) in [5.41, 5.74) is 1.37. The van der Waals surface area contributed by atoms with E-state index in [0.29, 0.717) is 30.4 Å². The Balaban J connectivity index is 0.00000208. The average molecular weight is 374 g/mol. The Morgan fingerprint density at radius 2 is 2.00 bits per heavy atom. The van der Waals surface area contributed by atoms with Crippen LogP contribution in [0, 0.1) is 5.92 Å². The maximum Gasteiger partial charge on any atom is 0.235 e. The molecule has 1 aromatic carbocycles. The van der Waals surface area contributed by atoms with Crippen LogP contribution < -0.4 is 14.9 Å². The van der Waals surface area contributed by atoms with Gasteiger partial charge in [-0.1, -0.05) is 0 Å². The van der Waals surface area contributed by atoms with Gasteiger partial charge in [0.15, 0.2) is 0 Å². The highest BCUT2D eigenvalue weighted by Gasteiger charge is 2.28. The first kappa shape index (κ1) is 19.0. The summed E-state index contributed by atoms with van der Waals surface area (Å²) < 4.78 is 25.3.